The average Bonchev–Trinajstić information content (AvgIpc) is 2.70. The Labute approximate surface area is 186 Å². The molecule has 1 aliphatic heterocycles. The molecular formula is C24H24Cl2O4. The highest BCUT2D eigenvalue weighted by Gasteiger charge is 2.41. The summed E-state index contributed by atoms with van der Waals surface area (Å²) in [5.41, 5.74) is 1.95. The number of allylic oxidation sites excluding steroid dienone is 2. The number of ether oxygens (including phenoxy) is 2. The van der Waals surface area contributed by atoms with Crippen LogP contribution in [-0.4, -0.2) is 24.1 Å². The molecule has 0 unspecified atom stereocenters. The Balaban J connectivity index is 1.69. The molecule has 0 saturated carbocycles. The number of ketones is 1. The number of carbonyl (C=O) groups is 1. The molecule has 1 fully saturated rings. The summed E-state index contributed by atoms with van der Waals surface area (Å²) in [5, 5.41) is 11.9. The zero-order chi connectivity index (χ0) is 21.3. The lowest BCUT2D eigenvalue weighted by Crippen LogP contribution is -2.36. The molecule has 4 rings (SSSR count). The van der Waals surface area contributed by atoms with Crippen LogP contribution in [0.2, 0.25) is 10.0 Å². The van der Waals surface area contributed by atoms with Gasteiger partial charge < -0.3 is 14.6 Å². The molecule has 0 atom stereocenters. The second kappa shape index (κ2) is 8.62. The summed E-state index contributed by atoms with van der Waals surface area (Å²) in [7, 11) is 0. The van der Waals surface area contributed by atoms with Crippen molar-refractivity contribution in [1.82, 2.24) is 0 Å². The zero-order valence-corrected chi connectivity index (χ0v) is 18.4. The molecule has 0 bridgehead atoms. The van der Waals surface area contributed by atoms with E-state index >= 15 is 0 Å². The van der Waals surface area contributed by atoms with E-state index in [4.69, 9.17) is 32.7 Å². The molecule has 2 aliphatic rings. The van der Waals surface area contributed by atoms with E-state index in [2.05, 4.69) is 0 Å². The van der Waals surface area contributed by atoms with Crippen LogP contribution in [0.3, 0.4) is 0 Å². The maximum Gasteiger partial charge on any atom is 0.167 e. The van der Waals surface area contributed by atoms with E-state index in [-0.39, 0.29) is 17.0 Å². The van der Waals surface area contributed by atoms with E-state index in [1.54, 1.807) is 18.2 Å². The Kier molecular flexibility index (Phi) is 6.10. The van der Waals surface area contributed by atoms with Crippen molar-refractivity contribution in [3.63, 3.8) is 0 Å². The third-order valence-electron chi connectivity index (χ3n) is 6.05. The highest BCUT2D eigenvalue weighted by atomic mass is 35.5. The number of hydrogen-bond acceptors (Lipinski definition) is 4. The fourth-order valence-corrected chi connectivity index (χ4v) is 4.85. The van der Waals surface area contributed by atoms with Crippen LogP contribution in [-0.2, 0) is 16.0 Å². The summed E-state index contributed by atoms with van der Waals surface area (Å²) in [6.07, 6.45) is 3.28. The number of aryl methyl sites for hydroxylation is 1. The van der Waals surface area contributed by atoms with Crippen molar-refractivity contribution in [1.29, 1.82) is 0 Å². The Bertz CT molecular complexity index is 1010. The summed E-state index contributed by atoms with van der Waals surface area (Å²) >= 11 is 12.2. The molecule has 2 aromatic carbocycles. The van der Waals surface area contributed by atoms with Crippen molar-refractivity contribution < 1.29 is 19.4 Å². The van der Waals surface area contributed by atoms with E-state index in [0.29, 0.717) is 53.2 Å². The minimum Gasteiger partial charge on any atom is -0.512 e. The van der Waals surface area contributed by atoms with E-state index < -0.39 is 0 Å². The van der Waals surface area contributed by atoms with E-state index in [1.807, 2.05) is 25.1 Å². The normalized spacial score (nSPS) is 18.7. The monoisotopic (exact) mass is 446 g/mol. The summed E-state index contributed by atoms with van der Waals surface area (Å²) < 4.78 is 11.4. The van der Waals surface area contributed by atoms with Gasteiger partial charge in [0.2, 0.25) is 0 Å². The largest absolute Gasteiger partial charge is 0.512 e. The highest BCUT2D eigenvalue weighted by Crippen LogP contribution is 2.47. The zero-order valence-electron chi connectivity index (χ0n) is 16.8. The first kappa shape index (κ1) is 21.2. The molecular weight excluding hydrogens is 423 g/mol. The van der Waals surface area contributed by atoms with E-state index in [9.17, 15) is 9.90 Å². The average molecular weight is 447 g/mol. The Morgan fingerprint density at radius 3 is 2.53 bits per heavy atom. The number of aliphatic hydroxyl groups excluding tert-OH is 1. The van der Waals surface area contributed by atoms with Crippen molar-refractivity contribution in [2.75, 3.05) is 13.2 Å². The molecule has 1 N–H and O–H groups in total. The third-order valence-corrected chi connectivity index (χ3v) is 6.58. The SMILES string of the molecule is CCc1ccc(Oc2ccc(Cl)cc2Cl)cc1C1=C(O)CC2(CCOCC2)CC1=O. The first-order chi connectivity index (χ1) is 14.4. The third kappa shape index (κ3) is 4.22. The van der Waals surface area contributed by atoms with Gasteiger partial charge in [-0.2, -0.15) is 0 Å². The molecule has 4 nitrogen and oxygen atoms in total. The quantitative estimate of drug-likeness (QED) is 0.562. The van der Waals surface area contributed by atoms with E-state index in [0.717, 1.165) is 30.4 Å². The molecule has 2 aromatic rings. The second-order valence-corrected chi connectivity index (χ2v) is 8.90. The number of halogens is 2. The van der Waals surface area contributed by atoms with Gasteiger partial charge >= 0.3 is 0 Å². The summed E-state index contributed by atoms with van der Waals surface area (Å²) in [6, 6.07) is 10.6. The number of carbonyl (C=O) groups excluding carboxylic acids is 1. The molecule has 30 heavy (non-hydrogen) atoms. The Morgan fingerprint density at radius 2 is 1.87 bits per heavy atom. The van der Waals surface area contributed by atoms with Crippen LogP contribution in [0.4, 0.5) is 0 Å². The van der Waals surface area contributed by atoms with Gasteiger partial charge in [-0.15, -0.1) is 0 Å². The number of rotatable bonds is 4. The van der Waals surface area contributed by atoms with Crippen LogP contribution in [0.15, 0.2) is 42.2 Å². The minimum atomic E-state index is -0.180. The number of Topliss-reactive ketones (excluding diaryl/α,β-unsaturated/α-hetero) is 1. The van der Waals surface area contributed by atoms with Crippen molar-refractivity contribution in [3.8, 4) is 11.5 Å². The first-order valence-electron chi connectivity index (χ1n) is 10.2. The van der Waals surface area contributed by atoms with Gasteiger partial charge in [-0.1, -0.05) is 36.2 Å². The smallest absolute Gasteiger partial charge is 0.167 e. The van der Waals surface area contributed by atoms with Gasteiger partial charge in [0.25, 0.3) is 0 Å². The second-order valence-electron chi connectivity index (χ2n) is 8.06. The molecule has 0 aromatic heterocycles. The molecule has 0 radical (unpaired) electrons. The molecule has 1 spiro atoms. The van der Waals surface area contributed by atoms with Gasteiger partial charge in [0.15, 0.2) is 5.78 Å². The molecule has 6 heteroatoms. The molecule has 158 valence electrons. The fourth-order valence-electron chi connectivity index (χ4n) is 4.40. The van der Waals surface area contributed by atoms with Crippen LogP contribution in [0.1, 0.15) is 43.7 Å². The first-order valence-corrected chi connectivity index (χ1v) is 11.0. The van der Waals surface area contributed by atoms with Gasteiger partial charge in [-0.3, -0.25) is 4.79 Å². The fraction of sp³-hybridized carbons (Fsp3) is 0.375. The van der Waals surface area contributed by atoms with Gasteiger partial charge in [0, 0.05) is 31.1 Å². The van der Waals surface area contributed by atoms with Gasteiger partial charge in [0.05, 0.1) is 10.6 Å². The van der Waals surface area contributed by atoms with Crippen LogP contribution in [0, 0.1) is 5.41 Å². The van der Waals surface area contributed by atoms with Crippen LogP contribution in [0.5, 0.6) is 11.5 Å². The van der Waals surface area contributed by atoms with Crippen LogP contribution in [0.25, 0.3) is 5.57 Å². The van der Waals surface area contributed by atoms with Gasteiger partial charge in [-0.25, -0.2) is 0 Å². The van der Waals surface area contributed by atoms with Crippen molar-refractivity contribution >= 4 is 34.6 Å². The minimum absolute atomic E-state index is 0.0166. The van der Waals surface area contributed by atoms with E-state index in [1.165, 1.54) is 0 Å². The lowest BCUT2D eigenvalue weighted by Gasteiger charge is -2.39. The lowest BCUT2D eigenvalue weighted by molar-refractivity contribution is -0.118. The van der Waals surface area contributed by atoms with Gasteiger partial charge in [0.1, 0.15) is 17.3 Å². The maximum atomic E-state index is 13.2. The lowest BCUT2D eigenvalue weighted by atomic mass is 9.67. The molecule has 1 saturated heterocycles. The molecule has 1 heterocycles. The number of aliphatic hydroxyl groups is 1. The predicted molar refractivity (Wildman–Crippen MR) is 119 cm³/mol. The van der Waals surface area contributed by atoms with Crippen molar-refractivity contribution in [2.45, 2.75) is 39.0 Å². The topological polar surface area (TPSA) is 55.8 Å². The Hall–Kier alpha value is -2.01. The van der Waals surface area contributed by atoms with Crippen LogP contribution >= 0.6 is 23.2 Å². The number of benzene rings is 2. The standard InChI is InChI=1S/C24H24Cl2O4/c1-2-15-3-5-17(30-22-6-4-16(25)11-19(22)26)12-18(15)23-20(27)13-24(14-21(23)28)7-9-29-10-8-24/h3-6,11-12,27H,2,7-10,13-14H2,1H3. The number of hydrogen-bond donors (Lipinski definition) is 1. The summed E-state index contributed by atoms with van der Waals surface area (Å²) in [5.74, 6) is 1.18. The summed E-state index contributed by atoms with van der Waals surface area (Å²) in [4.78, 5) is 13.2. The highest BCUT2D eigenvalue weighted by molar-refractivity contribution is 6.35. The van der Waals surface area contributed by atoms with Crippen molar-refractivity contribution in [3.05, 3.63) is 63.3 Å². The Morgan fingerprint density at radius 1 is 1.10 bits per heavy atom. The van der Waals surface area contributed by atoms with Gasteiger partial charge in [-0.05, 0) is 66.1 Å². The maximum absolute atomic E-state index is 13.2. The van der Waals surface area contributed by atoms with Crippen molar-refractivity contribution in [2.24, 2.45) is 5.41 Å². The predicted octanol–water partition coefficient (Wildman–Crippen LogP) is 6.78. The molecule has 0 amide bonds. The summed E-state index contributed by atoms with van der Waals surface area (Å²) in [6.45, 7) is 3.31. The van der Waals surface area contributed by atoms with Crippen LogP contribution < -0.4 is 4.74 Å². The molecule has 1 aliphatic carbocycles.